The van der Waals surface area contributed by atoms with Crippen molar-refractivity contribution in [3.63, 3.8) is 0 Å². The van der Waals surface area contributed by atoms with Gasteiger partial charge in [0, 0.05) is 40.3 Å². The molecule has 2 aromatic rings. The van der Waals surface area contributed by atoms with E-state index >= 15 is 0 Å². The van der Waals surface area contributed by atoms with Crippen LogP contribution in [0.25, 0.3) is 0 Å². The lowest BCUT2D eigenvalue weighted by Gasteiger charge is -2.09. The lowest BCUT2D eigenvalue weighted by atomic mass is 10.1. The number of carbonyl (C=O) groups excluding carboxylic acids is 2. The maximum Gasteiger partial charge on any atom is 0.231 e. The van der Waals surface area contributed by atoms with E-state index in [1.807, 2.05) is 19.9 Å². The molecule has 1 amide bonds. The van der Waals surface area contributed by atoms with Crippen LogP contribution in [0.3, 0.4) is 0 Å². The highest BCUT2D eigenvalue weighted by Crippen LogP contribution is 2.38. The number of hydrogen-bond donors (Lipinski definition) is 2. The summed E-state index contributed by atoms with van der Waals surface area (Å²) < 4.78 is 10.5. The summed E-state index contributed by atoms with van der Waals surface area (Å²) in [6.07, 6.45) is 0.258. The predicted molar refractivity (Wildman–Crippen MR) is 93.0 cm³/mol. The second kappa shape index (κ2) is 6.52. The van der Waals surface area contributed by atoms with Crippen molar-refractivity contribution in [2.75, 3.05) is 17.8 Å². The molecule has 24 heavy (non-hydrogen) atoms. The fourth-order valence-corrected chi connectivity index (χ4v) is 3.49. The second-order valence-corrected chi connectivity index (χ2v) is 7.05. The van der Waals surface area contributed by atoms with Crippen LogP contribution in [0.4, 0.5) is 11.4 Å². The molecule has 0 atom stereocenters. The Bertz CT molecular complexity index is 813. The van der Waals surface area contributed by atoms with Gasteiger partial charge in [0.05, 0.1) is 11.4 Å². The Labute approximate surface area is 143 Å². The first-order valence-corrected chi connectivity index (χ1v) is 8.35. The molecule has 6 nitrogen and oxygen atoms in total. The van der Waals surface area contributed by atoms with Crippen LogP contribution >= 0.6 is 11.3 Å². The molecule has 1 aromatic heterocycles. The minimum Gasteiger partial charge on any atom is -0.454 e. The number of nitrogens with one attached hydrogen (secondary N) is 1. The van der Waals surface area contributed by atoms with Gasteiger partial charge in [-0.05, 0) is 19.9 Å². The van der Waals surface area contributed by atoms with Crippen LogP contribution in [0.2, 0.25) is 0 Å². The molecule has 0 saturated carbocycles. The number of rotatable bonds is 5. The van der Waals surface area contributed by atoms with Gasteiger partial charge in [-0.2, -0.15) is 0 Å². The summed E-state index contributed by atoms with van der Waals surface area (Å²) in [6.45, 7) is 4.02. The molecule has 3 rings (SSSR count). The molecule has 0 fully saturated rings. The number of carbonyl (C=O) groups is 2. The van der Waals surface area contributed by atoms with E-state index in [-0.39, 0.29) is 31.3 Å². The van der Waals surface area contributed by atoms with Gasteiger partial charge >= 0.3 is 0 Å². The number of benzene rings is 1. The summed E-state index contributed by atoms with van der Waals surface area (Å²) in [7, 11) is 0. The Balaban J connectivity index is 1.60. The fraction of sp³-hybridized carbons (Fsp3) is 0.294. The van der Waals surface area contributed by atoms with E-state index in [0.717, 1.165) is 9.75 Å². The Morgan fingerprint density at radius 3 is 2.54 bits per heavy atom. The number of Topliss-reactive ketones (excluding diaryl/α,β-unsaturated/α-hetero) is 1. The van der Waals surface area contributed by atoms with Crippen LogP contribution in [0.5, 0.6) is 11.5 Å². The first-order chi connectivity index (χ1) is 11.4. The topological polar surface area (TPSA) is 90.7 Å². The lowest BCUT2D eigenvalue weighted by Crippen LogP contribution is -2.14. The number of aryl methyl sites for hydroxylation is 2. The normalized spacial score (nSPS) is 12.2. The van der Waals surface area contributed by atoms with Crippen molar-refractivity contribution in [1.29, 1.82) is 0 Å². The molecule has 126 valence electrons. The van der Waals surface area contributed by atoms with E-state index in [9.17, 15) is 9.59 Å². The number of amides is 1. The maximum atomic E-state index is 12.2. The van der Waals surface area contributed by atoms with Gasteiger partial charge in [-0.25, -0.2) is 0 Å². The zero-order valence-corrected chi connectivity index (χ0v) is 14.3. The lowest BCUT2D eigenvalue weighted by molar-refractivity contribution is -0.116. The first kappa shape index (κ1) is 16.3. The van der Waals surface area contributed by atoms with Crippen LogP contribution in [0.1, 0.15) is 33.0 Å². The number of nitrogen functional groups attached to an aromatic ring is 1. The molecule has 1 aromatic carbocycles. The van der Waals surface area contributed by atoms with Gasteiger partial charge < -0.3 is 20.5 Å². The van der Waals surface area contributed by atoms with Gasteiger partial charge in [-0.1, -0.05) is 0 Å². The average Bonchev–Trinajstić information content (AvgIpc) is 3.10. The van der Waals surface area contributed by atoms with E-state index in [1.165, 1.54) is 0 Å². The highest BCUT2D eigenvalue weighted by atomic mass is 32.1. The number of ketones is 1. The third-order valence-electron chi connectivity index (χ3n) is 3.74. The van der Waals surface area contributed by atoms with E-state index in [4.69, 9.17) is 15.2 Å². The summed E-state index contributed by atoms with van der Waals surface area (Å²) in [5, 5.41) is 2.72. The molecule has 0 spiro atoms. The highest BCUT2D eigenvalue weighted by molar-refractivity contribution is 7.12. The van der Waals surface area contributed by atoms with Crippen molar-refractivity contribution in [2.24, 2.45) is 0 Å². The van der Waals surface area contributed by atoms with E-state index in [0.29, 0.717) is 28.4 Å². The average molecular weight is 346 g/mol. The van der Waals surface area contributed by atoms with Crippen LogP contribution in [-0.4, -0.2) is 18.5 Å². The SMILES string of the molecule is Cc1cc(C(=O)CCC(=O)Nc2cc3c(cc2N)OCO3)c(C)s1. The Hall–Kier alpha value is -2.54. The number of fused-ring (bicyclic) bond motifs is 1. The second-order valence-electron chi connectivity index (χ2n) is 5.59. The summed E-state index contributed by atoms with van der Waals surface area (Å²) in [4.78, 5) is 26.4. The molecule has 3 N–H and O–H groups in total. The number of anilines is 2. The van der Waals surface area contributed by atoms with Gasteiger partial charge in [0.15, 0.2) is 17.3 Å². The number of ether oxygens (including phenoxy) is 2. The monoisotopic (exact) mass is 346 g/mol. The van der Waals surface area contributed by atoms with Gasteiger partial charge in [0.1, 0.15) is 0 Å². The molecule has 0 aliphatic carbocycles. The van der Waals surface area contributed by atoms with Crippen molar-refractivity contribution < 1.29 is 19.1 Å². The van der Waals surface area contributed by atoms with Gasteiger partial charge in [-0.3, -0.25) is 9.59 Å². The summed E-state index contributed by atoms with van der Waals surface area (Å²) in [5.41, 5.74) is 7.45. The third-order valence-corrected chi connectivity index (χ3v) is 4.71. The third kappa shape index (κ3) is 3.35. The molecule has 7 heteroatoms. The van der Waals surface area contributed by atoms with Crippen molar-refractivity contribution in [1.82, 2.24) is 0 Å². The summed E-state index contributed by atoms with van der Waals surface area (Å²) in [5.74, 6) is 0.813. The predicted octanol–water partition coefficient (Wildman–Crippen LogP) is 3.28. The van der Waals surface area contributed by atoms with Crippen molar-refractivity contribution >= 4 is 34.4 Å². The zero-order valence-electron chi connectivity index (χ0n) is 13.5. The number of thiophene rings is 1. The molecule has 1 aliphatic heterocycles. The van der Waals surface area contributed by atoms with Crippen molar-refractivity contribution in [3.05, 3.63) is 33.5 Å². The summed E-state index contributed by atoms with van der Waals surface area (Å²) >= 11 is 1.58. The molecule has 0 saturated heterocycles. The molecule has 0 bridgehead atoms. The molecular weight excluding hydrogens is 328 g/mol. The Morgan fingerprint density at radius 2 is 1.88 bits per heavy atom. The largest absolute Gasteiger partial charge is 0.454 e. The zero-order chi connectivity index (χ0) is 17.3. The van der Waals surface area contributed by atoms with Crippen molar-refractivity contribution in [2.45, 2.75) is 26.7 Å². The summed E-state index contributed by atoms with van der Waals surface area (Å²) in [6, 6.07) is 5.11. The Kier molecular flexibility index (Phi) is 4.44. The fourth-order valence-electron chi connectivity index (χ4n) is 2.55. The van der Waals surface area contributed by atoms with E-state index in [2.05, 4.69) is 5.32 Å². The smallest absolute Gasteiger partial charge is 0.231 e. The van der Waals surface area contributed by atoms with E-state index < -0.39 is 0 Å². The minimum absolute atomic E-state index is 0.0225. The van der Waals surface area contributed by atoms with Gasteiger partial charge in [0.2, 0.25) is 12.7 Å². The van der Waals surface area contributed by atoms with Crippen molar-refractivity contribution in [3.8, 4) is 11.5 Å². The standard InChI is InChI=1S/C17H18N2O4S/c1-9-5-11(10(2)24-9)14(20)3-4-17(21)19-13-7-16-15(6-12(13)18)22-8-23-16/h5-7H,3-4,8,18H2,1-2H3,(H,19,21). The molecular formula is C17H18N2O4S. The highest BCUT2D eigenvalue weighted by Gasteiger charge is 2.18. The van der Waals surface area contributed by atoms with E-state index in [1.54, 1.807) is 23.5 Å². The van der Waals surface area contributed by atoms with Gasteiger partial charge in [0.25, 0.3) is 0 Å². The number of hydrogen-bond acceptors (Lipinski definition) is 6. The van der Waals surface area contributed by atoms with Crippen LogP contribution in [0, 0.1) is 13.8 Å². The minimum atomic E-state index is -0.265. The Morgan fingerprint density at radius 1 is 1.17 bits per heavy atom. The quantitative estimate of drug-likeness (QED) is 0.640. The van der Waals surface area contributed by atoms with Crippen LogP contribution in [-0.2, 0) is 4.79 Å². The molecule has 1 aliphatic rings. The first-order valence-electron chi connectivity index (χ1n) is 7.53. The molecule has 0 radical (unpaired) electrons. The maximum absolute atomic E-state index is 12.2. The number of nitrogens with two attached hydrogens (primary N) is 1. The molecule has 0 unspecified atom stereocenters. The van der Waals surface area contributed by atoms with Crippen LogP contribution < -0.4 is 20.5 Å². The van der Waals surface area contributed by atoms with Crippen LogP contribution in [0.15, 0.2) is 18.2 Å². The molecule has 2 heterocycles. The van der Waals surface area contributed by atoms with Gasteiger partial charge in [-0.15, -0.1) is 11.3 Å².